The van der Waals surface area contributed by atoms with Crippen molar-refractivity contribution < 1.29 is 18.0 Å². The summed E-state index contributed by atoms with van der Waals surface area (Å²) in [5.74, 6) is -1.20. The van der Waals surface area contributed by atoms with Crippen LogP contribution in [-0.4, -0.2) is 44.0 Å². The first-order chi connectivity index (χ1) is 12.0. The van der Waals surface area contributed by atoms with Gasteiger partial charge in [-0.1, -0.05) is 42.5 Å². The van der Waals surface area contributed by atoms with Crippen LogP contribution in [0.2, 0.25) is 0 Å². The van der Waals surface area contributed by atoms with Gasteiger partial charge in [-0.05, 0) is 24.1 Å². The summed E-state index contributed by atoms with van der Waals surface area (Å²) in [7, 11) is -3.57. The van der Waals surface area contributed by atoms with Crippen LogP contribution < -0.4 is 4.72 Å². The maximum absolute atomic E-state index is 12.2. The van der Waals surface area contributed by atoms with Crippen LogP contribution in [0.15, 0.2) is 54.6 Å². The molecule has 0 saturated heterocycles. The number of carbonyl (C=O) groups is 2. The fraction of sp³-hybridized carbons (Fsp3) is 0.222. The van der Waals surface area contributed by atoms with Gasteiger partial charge in [0.15, 0.2) is 0 Å². The molecule has 0 atom stereocenters. The Kier molecular flexibility index (Phi) is 4.96. The summed E-state index contributed by atoms with van der Waals surface area (Å²) in [6.07, 6.45) is 0.576. The minimum Gasteiger partial charge on any atom is -0.273 e. The van der Waals surface area contributed by atoms with Gasteiger partial charge in [-0.25, -0.2) is 13.1 Å². The van der Waals surface area contributed by atoms with E-state index in [1.165, 1.54) is 0 Å². The van der Waals surface area contributed by atoms with Crippen LogP contribution in [0.1, 0.15) is 26.3 Å². The van der Waals surface area contributed by atoms with Crippen LogP contribution >= 0.6 is 0 Å². The molecule has 2 amide bonds. The molecule has 25 heavy (non-hydrogen) atoms. The van der Waals surface area contributed by atoms with Crippen LogP contribution in [0, 0.1) is 0 Å². The lowest BCUT2D eigenvalue weighted by Gasteiger charge is -2.14. The average molecular weight is 358 g/mol. The Morgan fingerprint density at radius 1 is 0.840 bits per heavy atom. The quantitative estimate of drug-likeness (QED) is 0.759. The van der Waals surface area contributed by atoms with Gasteiger partial charge in [-0.3, -0.25) is 14.5 Å². The van der Waals surface area contributed by atoms with Crippen LogP contribution in [0.3, 0.4) is 0 Å². The van der Waals surface area contributed by atoms with Gasteiger partial charge in [0.2, 0.25) is 10.0 Å². The lowest BCUT2D eigenvalue weighted by Crippen LogP contribution is -2.38. The molecule has 7 heteroatoms. The summed E-state index contributed by atoms with van der Waals surface area (Å²) in [6.45, 7) is 0.113. The number of fused-ring (bicyclic) bond motifs is 1. The molecule has 6 nitrogen and oxygen atoms in total. The number of rotatable bonds is 7. The Morgan fingerprint density at radius 2 is 1.40 bits per heavy atom. The van der Waals surface area contributed by atoms with Crippen molar-refractivity contribution in [1.29, 1.82) is 0 Å². The number of benzene rings is 2. The van der Waals surface area contributed by atoms with Gasteiger partial charge < -0.3 is 0 Å². The molecule has 2 aromatic carbocycles. The second-order valence-corrected chi connectivity index (χ2v) is 7.68. The zero-order chi connectivity index (χ0) is 17.9. The number of hydrogen-bond acceptors (Lipinski definition) is 4. The van der Waals surface area contributed by atoms with Crippen molar-refractivity contribution in [3.05, 3.63) is 71.3 Å². The largest absolute Gasteiger partial charge is 0.273 e. The average Bonchev–Trinajstić information content (AvgIpc) is 2.85. The second kappa shape index (κ2) is 7.16. The Labute approximate surface area is 146 Å². The minimum atomic E-state index is -3.57. The molecule has 1 aliphatic rings. The van der Waals surface area contributed by atoms with Crippen LogP contribution in [0.25, 0.3) is 0 Å². The lowest BCUT2D eigenvalue weighted by atomic mass is 10.1. The molecule has 0 spiro atoms. The van der Waals surface area contributed by atoms with Crippen molar-refractivity contribution >= 4 is 21.8 Å². The maximum atomic E-state index is 12.2. The molecule has 0 radical (unpaired) electrons. The number of nitrogens with one attached hydrogen (secondary N) is 1. The zero-order valence-corrected chi connectivity index (χ0v) is 14.3. The van der Waals surface area contributed by atoms with Crippen molar-refractivity contribution in [1.82, 2.24) is 9.62 Å². The van der Waals surface area contributed by atoms with E-state index in [1.807, 2.05) is 30.3 Å². The zero-order valence-electron chi connectivity index (χ0n) is 13.5. The van der Waals surface area contributed by atoms with E-state index in [-0.39, 0.29) is 18.8 Å². The summed E-state index contributed by atoms with van der Waals surface area (Å²) in [4.78, 5) is 25.4. The van der Waals surface area contributed by atoms with Gasteiger partial charge in [-0.2, -0.15) is 0 Å². The van der Waals surface area contributed by atoms with Gasteiger partial charge in [0, 0.05) is 13.1 Å². The van der Waals surface area contributed by atoms with E-state index in [2.05, 4.69) is 4.72 Å². The van der Waals surface area contributed by atoms with E-state index in [0.717, 1.165) is 10.5 Å². The highest BCUT2D eigenvalue weighted by Gasteiger charge is 2.35. The number of nitrogens with zero attached hydrogens (tertiary/aromatic N) is 1. The van der Waals surface area contributed by atoms with Crippen molar-refractivity contribution in [2.24, 2.45) is 0 Å². The number of amides is 2. The molecule has 1 N–H and O–H groups in total. The van der Waals surface area contributed by atoms with Crippen molar-refractivity contribution in [3.8, 4) is 0 Å². The summed E-state index contributed by atoms with van der Waals surface area (Å²) in [5.41, 5.74) is 1.68. The van der Waals surface area contributed by atoms with Gasteiger partial charge in [0.1, 0.15) is 0 Å². The van der Waals surface area contributed by atoms with E-state index in [1.54, 1.807) is 24.3 Å². The standard InChI is InChI=1S/C18H18N2O4S/c21-17-15-8-4-5-9-16(15)18(22)20(17)12-13-25(23,24)19-11-10-14-6-2-1-3-7-14/h1-9,19H,10-13H2. The first kappa shape index (κ1) is 17.3. The van der Waals surface area contributed by atoms with Gasteiger partial charge >= 0.3 is 0 Å². The smallest absolute Gasteiger partial charge is 0.261 e. The lowest BCUT2D eigenvalue weighted by molar-refractivity contribution is 0.0664. The number of imide groups is 1. The highest BCUT2D eigenvalue weighted by molar-refractivity contribution is 7.89. The third-order valence-corrected chi connectivity index (χ3v) is 5.40. The minimum absolute atomic E-state index is 0.160. The predicted octanol–water partition coefficient (Wildman–Crippen LogP) is 1.44. The first-order valence-corrected chi connectivity index (χ1v) is 9.60. The van der Waals surface area contributed by atoms with Gasteiger partial charge in [0.05, 0.1) is 16.9 Å². The molecule has 0 aromatic heterocycles. The van der Waals surface area contributed by atoms with Gasteiger partial charge in [0.25, 0.3) is 11.8 Å². The predicted molar refractivity (Wildman–Crippen MR) is 93.7 cm³/mol. The molecule has 0 aliphatic carbocycles. The van der Waals surface area contributed by atoms with Crippen molar-refractivity contribution in [2.45, 2.75) is 6.42 Å². The summed E-state index contributed by atoms with van der Waals surface area (Å²) in [6, 6.07) is 16.0. The monoisotopic (exact) mass is 358 g/mol. The Balaban J connectivity index is 1.54. The molecule has 130 valence electrons. The van der Waals surface area contributed by atoms with Crippen LogP contribution in [0.4, 0.5) is 0 Å². The normalized spacial score (nSPS) is 14.0. The summed E-state index contributed by atoms with van der Waals surface area (Å²) < 4.78 is 26.7. The SMILES string of the molecule is O=C1c2ccccc2C(=O)N1CCS(=O)(=O)NCCc1ccccc1. The third-order valence-electron chi connectivity index (χ3n) is 4.04. The number of sulfonamides is 1. The van der Waals surface area contributed by atoms with Crippen molar-refractivity contribution in [3.63, 3.8) is 0 Å². The summed E-state index contributed by atoms with van der Waals surface area (Å²) >= 11 is 0. The molecule has 2 aromatic rings. The van der Waals surface area contributed by atoms with E-state index >= 15 is 0 Å². The molecular formula is C18H18N2O4S. The first-order valence-electron chi connectivity index (χ1n) is 7.94. The van der Waals surface area contributed by atoms with Crippen LogP contribution in [-0.2, 0) is 16.4 Å². The second-order valence-electron chi connectivity index (χ2n) is 5.76. The molecular weight excluding hydrogens is 340 g/mol. The Morgan fingerprint density at radius 3 is 2.00 bits per heavy atom. The fourth-order valence-corrected chi connectivity index (χ4v) is 3.70. The van der Waals surface area contributed by atoms with Crippen molar-refractivity contribution in [2.75, 3.05) is 18.8 Å². The third kappa shape index (κ3) is 3.94. The molecule has 0 fully saturated rings. The van der Waals surface area contributed by atoms with E-state index in [0.29, 0.717) is 17.5 Å². The molecule has 0 bridgehead atoms. The Bertz CT molecular complexity index is 859. The molecule has 1 heterocycles. The Hall–Kier alpha value is -2.51. The van der Waals surface area contributed by atoms with Crippen LogP contribution in [0.5, 0.6) is 0 Å². The molecule has 0 saturated carbocycles. The number of carbonyl (C=O) groups excluding carboxylic acids is 2. The highest BCUT2D eigenvalue weighted by Crippen LogP contribution is 2.22. The molecule has 1 aliphatic heterocycles. The maximum Gasteiger partial charge on any atom is 0.261 e. The molecule has 3 rings (SSSR count). The highest BCUT2D eigenvalue weighted by atomic mass is 32.2. The van der Waals surface area contributed by atoms with E-state index in [4.69, 9.17) is 0 Å². The summed E-state index contributed by atoms with van der Waals surface area (Å²) in [5, 5.41) is 0. The fourth-order valence-electron chi connectivity index (χ4n) is 2.72. The topological polar surface area (TPSA) is 83.6 Å². The van der Waals surface area contributed by atoms with E-state index < -0.39 is 21.8 Å². The molecule has 0 unspecified atom stereocenters. The van der Waals surface area contributed by atoms with E-state index in [9.17, 15) is 18.0 Å². The number of hydrogen-bond donors (Lipinski definition) is 1. The van der Waals surface area contributed by atoms with Gasteiger partial charge in [-0.15, -0.1) is 0 Å².